The Balaban J connectivity index is 0.00000320. The number of nitrogens with one attached hydrogen (secondary N) is 1. The maximum atomic E-state index is 11.5. The average Bonchev–Trinajstić information content (AvgIpc) is 2.74. The number of ether oxygens (including phenoxy) is 1. The molecule has 0 aromatic heterocycles. The third-order valence-corrected chi connectivity index (χ3v) is 5.73. The van der Waals surface area contributed by atoms with Gasteiger partial charge in [0, 0.05) is 52.7 Å². The van der Waals surface area contributed by atoms with Crippen molar-refractivity contribution in [3.63, 3.8) is 0 Å². The molecule has 3 rings (SSSR count). The lowest BCUT2D eigenvalue weighted by Crippen LogP contribution is -2.49. The van der Waals surface area contributed by atoms with Crippen molar-refractivity contribution in [2.75, 3.05) is 65.5 Å². The molecule has 1 N–H and O–H groups in total. The van der Waals surface area contributed by atoms with Crippen LogP contribution in [0.1, 0.15) is 31.1 Å². The minimum absolute atomic E-state index is 0. The van der Waals surface area contributed by atoms with E-state index in [4.69, 9.17) is 9.73 Å². The Morgan fingerprint density at radius 3 is 2.57 bits per heavy atom. The van der Waals surface area contributed by atoms with Crippen LogP contribution in [0.3, 0.4) is 0 Å². The van der Waals surface area contributed by atoms with Gasteiger partial charge in [-0.1, -0.05) is 24.3 Å². The zero-order valence-corrected chi connectivity index (χ0v) is 20.8. The normalized spacial score (nSPS) is 20.6. The van der Waals surface area contributed by atoms with Crippen LogP contribution in [-0.2, 0) is 9.53 Å². The number of morpholine rings is 1. The number of benzene rings is 1. The predicted molar refractivity (Wildman–Crippen MR) is 132 cm³/mol. The lowest BCUT2D eigenvalue weighted by atomic mass is 10.0. The van der Waals surface area contributed by atoms with E-state index < -0.39 is 0 Å². The Bertz CT molecular complexity index is 707. The molecule has 1 atom stereocenters. The second kappa shape index (κ2) is 12.5. The summed E-state index contributed by atoms with van der Waals surface area (Å²) in [6.45, 7) is 14.3. The molecule has 0 spiro atoms. The van der Waals surface area contributed by atoms with Gasteiger partial charge in [-0.3, -0.25) is 14.7 Å². The number of hydrogen-bond acceptors (Lipinski definition) is 4. The van der Waals surface area contributed by atoms with Crippen molar-refractivity contribution in [3.8, 4) is 0 Å². The summed E-state index contributed by atoms with van der Waals surface area (Å²) in [6, 6.07) is 8.45. The molecule has 0 radical (unpaired) electrons. The summed E-state index contributed by atoms with van der Waals surface area (Å²) in [5.74, 6) is 1.14. The van der Waals surface area contributed by atoms with Gasteiger partial charge < -0.3 is 19.9 Å². The highest BCUT2D eigenvalue weighted by Crippen LogP contribution is 2.24. The molecule has 0 bridgehead atoms. The largest absolute Gasteiger partial charge is 0.370 e. The third kappa shape index (κ3) is 6.81. The van der Waals surface area contributed by atoms with Crippen LogP contribution < -0.4 is 5.32 Å². The van der Waals surface area contributed by atoms with Crippen LogP contribution in [0.2, 0.25) is 0 Å². The average molecular weight is 529 g/mol. The molecule has 1 aromatic rings. The fraction of sp³-hybridized carbons (Fsp3) is 0.636. The van der Waals surface area contributed by atoms with Crippen LogP contribution in [-0.4, -0.2) is 92.1 Å². The quantitative estimate of drug-likeness (QED) is 0.360. The number of halogens is 1. The summed E-state index contributed by atoms with van der Waals surface area (Å²) >= 11 is 0. The smallest absolute Gasteiger partial charge is 0.219 e. The van der Waals surface area contributed by atoms with E-state index in [0.29, 0.717) is 6.61 Å². The van der Waals surface area contributed by atoms with Gasteiger partial charge >= 0.3 is 0 Å². The molecule has 2 saturated heterocycles. The molecule has 30 heavy (non-hydrogen) atoms. The van der Waals surface area contributed by atoms with Crippen LogP contribution in [0.5, 0.6) is 0 Å². The molecule has 2 aliphatic rings. The monoisotopic (exact) mass is 529 g/mol. The summed E-state index contributed by atoms with van der Waals surface area (Å²) < 4.78 is 6.07. The number of rotatable bonds is 5. The molecule has 2 heterocycles. The Labute approximate surface area is 197 Å². The molecule has 0 aliphatic carbocycles. The fourth-order valence-electron chi connectivity index (χ4n) is 3.99. The zero-order valence-electron chi connectivity index (χ0n) is 18.5. The Morgan fingerprint density at radius 1 is 1.17 bits per heavy atom. The number of piperazine rings is 1. The molecular weight excluding hydrogens is 493 g/mol. The first-order valence-electron chi connectivity index (χ1n) is 10.8. The van der Waals surface area contributed by atoms with Crippen molar-refractivity contribution in [1.82, 2.24) is 20.0 Å². The van der Waals surface area contributed by atoms with Gasteiger partial charge in [-0.05, 0) is 25.0 Å². The predicted octanol–water partition coefficient (Wildman–Crippen LogP) is 2.12. The molecule has 168 valence electrons. The van der Waals surface area contributed by atoms with Crippen molar-refractivity contribution in [2.45, 2.75) is 26.9 Å². The number of amides is 1. The summed E-state index contributed by atoms with van der Waals surface area (Å²) in [7, 11) is 0. The van der Waals surface area contributed by atoms with Gasteiger partial charge in [-0.15, -0.1) is 24.0 Å². The van der Waals surface area contributed by atoms with Crippen molar-refractivity contribution in [2.24, 2.45) is 4.99 Å². The standard InChI is InChI=1S/C22H35N5O2.HI/c1-4-23-22(24-9-10-25-11-13-26(14-12-25)19(3)28)27-15-16-29-21(17-27)20-8-6-5-7-18(20)2;/h5-8,21H,4,9-17H2,1-3H3,(H,23,24);1H. The van der Waals surface area contributed by atoms with Crippen LogP contribution in [0.25, 0.3) is 0 Å². The molecule has 0 saturated carbocycles. The second-order valence-electron chi connectivity index (χ2n) is 7.75. The molecule has 1 aromatic carbocycles. The zero-order chi connectivity index (χ0) is 20.6. The van der Waals surface area contributed by atoms with Crippen molar-refractivity contribution in [3.05, 3.63) is 35.4 Å². The topological polar surface area (TPSA) is 60.4 Å². The molecule has 1 amide bonds. The fourth-order valence-corrected chi connectivity index (χ4v) is 3.99. The number of aliphatic imine (C=N–C) groups is 1. The SMILES string of the molecule is CCNC(=NCCN1CCN(C(C)=O)CC1)N1CCOC(c2ccccc2C)C1.I. The number of hydrogen-bond donors (Lipinski definition) is 1. The summed E-state index contributed by atoms with van der Waals surface area (Å²) in [5.41, 5.74) is 2.53. The molecule has 2 aliphatic heterocycles. The van der Waals surface area contributed by atoms with Gasteiger partial charge in [-0.25, -0.2) is 0 Å². The lowest BCUT2D eigenvalue weighted by molar-refractivity contribution is -0.130. The van der Waals surface area contributed by atoms with Crippen molar-refractivity contribution < 1.29 is 9.53 Å². The maximum Gasteiger partial charge on any atom is 0.219 e. The third-order valence-electron chi connectivity index (χ3n) is 5.73. The van der Waals surface area contributed by atoms with Gasteiger partial charge in [0.15, 0.2) is 5.96 Å². The minimum atomic E-state index is 0. The lowest BCUT2D eigenvalue weighted by Gasteiger charge is -2.36. The van der Waals surface area contributed by atoms with Gasteiger partial charge in [-0.2, -0.15) is 0 Å². The van der Waals surface area contributed by atoms with Gasteiger partial charge in [0.1, 0.15) is 6.10 Å². The maximum absolute atomic E-state index is 11.5. The van der Waals surface area contributed by atoms with E-state index in [1.54, 1.807) is 6.92 Å². The van der Waals surface area contributed by atoms with Crippen LogP contribution in [0, 0.1) is 6.92 Å². The van der Waals surface area contributed by atoms with Gasteiger partial charge in [0.05, 0.1) is 19.7 Å². The van der Waals surface area contributed by atoms with E-state index in [9.17, 15) is 4.79 Å². The van der Waals surface area contributed by atoms with Crippen LogP contribution in [0.4, 0.5) is 0 Å². The Morgan fingerprint density at radius 2 is 1.90 bits per heavy atom. The highest BCUT2D eigenvalue weighted by Gasteiger charge is 2.25. The van der Waals surface area contributed by atoms with E-state index in [1.165, 1.54) is 11.1 Å². The van der Waals surface area contributed by atoms with E-state index in [-0.39, 0.29) is 36.0 Å². The van der Waals surface area contributed by atoms with E-state index in [0.717, 1.165) is 64.9 Å². The molecule has 1 unspecified atom stereocenters. The Hall–Kier alpha value is -1.39. The number of guanidine groups is 1. The van der Waals surface area contributed by atoms with Crippen LogP contribution >= 0.6 is 24.0 Å². The van der Waals surface area contributed by atoms with E-state index in [1.807, 2.05) is 4.90 Å². The first kappa shape index (κ1) is 24.9. The number of carbonyl (C=O) groups excluding carboxylic acids is 1. The highest BCUT2D eigenvalue weighted by atomic mass is 127. The van der Waals surface area contributed by atoms with E-state index in [2.05, 4.69) is 53.2 Å². The van der Waals surface area contributed by atoms with Crippen molar-refractivity contribution in [1.29, 1.82) is 0 Å². The van der Waals surface area contributed by atoms with Crippen LogP contribution in [0.15, 0.2) is 29.3 Å². The summed E-state index contributed by atoms with van der Waals surface area (Å²) in [5, 5.41) is 3.45. The minimum Gasteiger partial charge on any atom is -0.370 e. The van der Waals surface area contributed by atoms with E-state index >= 15 is 0 Å². The first-order chi connectivity index (χ1) is 14.1. The molecule has 8 heteroatoms. The first-order valence-corrected chi connectivity index (χ1v) is 10.8. The van der Waals surface area contributed by atoms with Gasteiger partial charge in [0.2, 0.25) is 5.91 Å². The van der Waals surface area contributed by atoms with Crippen molar-refractivity contribution >= 4 is 35.8 Å². The summed E-state index contributed by atoms with van der Waals surface area (Å²) in [6.07, 6.45) is 0.0773. The molecular formula is C22H36IN5O2. The Kier molecular flexibility index (Phi) is 10.3. The molecule has 2 fully saturated rings. The van der Waals surface area contributed by atoms with Gasteiger partial charge in [0.25, 0.3) is 0 Å². The second-order valence-corrected chi connectivity index (χ2v) is 7.75. The highest BCUT2D eigenvalue weighted by molar-refractivity contribution is 14.0. The number of nitrogens with zero attached hydrogens (tertiary/aromatic N) is 4. The summed E-state index contributed by atoms with van der Waals surface area (Å²) in [4.78, 5) is 23.0. The molecule has 7 nitrogen and oxygen atoms in total. The number of carbonyl (C=O) groups is 1. The number of aryl methyl sites for hydroxylation is 1.